The summed E-state index contributed by atoms with van der Waals surface area (Å²) in [6.45, 7) is 7.04. The molecule has 0 bridgehead atoms. The minimum atomic E-state index is 0.305. The minimum absolute atomic E-state index is 0.305. The van der Waals surface area contributed by atoms with Gasteiger partial charge in [0.25, 0.3) is 0 Å². The van der Waals surface area contributed by atoms with Gasteiger partial charge in [-0.15, -0.1) is 0 Å². The van der Waals surface area contributed by atoms with Crippen LogP contribution in [0, 0.1) is 17.8 Å². The van der Waals surface area contributed by atoms with Crippen LogP contribution in [0.25, 0.3) is 0 Å². The van der Waals surface area contributed by atoms with E-state index in [0.717, 1.165) is 24.2 Å². The van der Waals surface area contributed by atoms with Crippen LogP contribution in [0.5, 0.6) is 0 Å². The summed E-state index contributed by atoms with van der Waals surface area (Å²) in [7, 11) is 0. The van der Waals surface area contributed by atoms with Crippen molar-refractivity contribution < 1.29 is 9.78 Å². The van der Waals surface area contributed by atoms with E-state index >= 15 is 0 Å². The van der Waals surface area contributed by atoms with Gasteiger partial charge < -0.3 is 0 Å². The summed E-state index contributed by atoms with van der Waals surface area (Å²) in [6, 6.07) is 0. The fraction of sp³-hybridized carbons (Fsp3) is 1.00. The Kier molecular flexibility index (Phi) is 6.83. The second-order valence-electron chi connectivity index (χ2n) is 7.50. The summed E-state index contributed by atoms with van der Waals surface area (Å²) in [5.74, 6) is 2.62. The highest BCUT2D eigenvalue weighted by Gasteiger charge is 2.27. The maximum absolute atomic E-state index is 5.80. The van der Waals surface area contributed by atoms with E-state index in [1.54, 1.807) is 0 Å². The summed E-state index contributed by atoms with van der Waals surface area (Å²) in [6.07, 6.45) is 13.5. The second kappa shape index (κ2) is 8.38. The van der Waals surface area contributed by atoms with E-state index in [0.29, 0.717) is 12.2 Å². The summed E-state index contributed by atoms with van der Waals surface area (Å²) < 4.78 is 0. The lowest BCUT2D eigenvalue weighted by Gasteiger charge is -2.33. The van der Waals surface area contributed by atoms with E-state index in [1.165, 1.54) is 57.8 Å². The maximum Gasteiger partial charge on any atom is 0.0930 e. The molecule has 3 atom stereocenters. The first-order valence-corrected chi connectivity index (χ1v) is 8.99. The van der Waals surface area contributed by atoms with Crippen LogP contribution in [0.1, 0.15) is 85.0 Å². The zero-order chi connectivity index (χ0) is 14.4. The molecule has 2 aliphatic carbocycles. The molecule has 2 rings (SSSR count). The van der Waals surface area contributed by atoms with E-state index in [1.807, 2.05) is 0 Å². The monoisotopic (exact) mass is 282 g/mol. The van der Waals surface area contributed by atoms with Gasteiger partial charge in [0, 0.05) is 0 Å². The summed E-state index contributed by atoms with van der Waals surface area (Å²) in [4.78, 5) is 11.5. The third-order valence-electron chi connectivity index (χ3n) is 5.21. The Morgan fingerprint density at radius 2 is 1.60 bits per heavy atom. The molecule has 0 radical (unpaired) electrons. The summed E-state index contributed by atoms with van der Waals surface area (Å²) >= 11 is 0. The van der Waals surface area contributed by atoms with Crippen molar-refractivity contribution >= 4 is 0 Å². The third-order valence-corrected chi connectivity index (χ3v) is 5.21. The van der Waals surface area contributed by atoms with Crippen LogP contribution in [-0.4, -0.2) is 12.2 Å². The smallest absolute Gasteiger partial charge is 0.0930 e. The van der Waals surface area contributed by atoms with Crippen molar-refractivity contribution in [2.45, 2.75) is 97.2 Å². The molecule has 0 aromatic carbocycles. The van der Waals surface area contributed by atoms with E-state index in [9.17, 15) is 0 Å². The van der Waals surface area contributed by atoms with Crippen molar-refractivity contribution in [1.29, 1.82) is 0 Å². The van der Waals surface area contributed by atoms with Crippen LogP contribution in [0.4, 0.5) is 0 Å². The van der Waals surface area contributed by atoms with Crippen molar-refractivity contribution in [3.63, 3.8) is 0 Å². The first-order valence-electron chi connectivity index (χ1n) is 8.99. The Morgan fingerprint density at radius 1 is 0.950 bits per heavy atom. The molecule has 0 heterocycles. The average Bonchev–Trinajstić information content (AvgIpc) is 2.43. The molecule has 0 saturated heterocycles. The zero-order valence-corrected chi connectivity index (χ0v) is 13.8. The van der Waals surface area contributed by atoms with Gasteiger partial charge in [-0.25, -0.2) is 9.78 Å². The molecule has 2 heteroatoms. The van der Waals surface area contributed by atoms with E-state index in [4.69, 9.17) is 9.78 Å². The molecule has 0 aliphatic heterocycles. The lowest BCUT2D eigenvalue weighted by molar-refractivity contribution is -0.357. The van der Waals surface area contributed by atoms with Crippen molar-refractivity contribution in [3.8, 4) is 0 Å². The predicted molar refractivity (Wildman–Crippen MR) is 83.4 cm³/mol. The van der Waals surface area contributed by atoms with Crippen LogP contribution >= 0.6 is 0 Å². The van der Waals surface area contributed by atoms with Crippen LogP contribution < -0.4 is 0 Å². The quantitative estimate of drug-likeness (QED) is 0.472. The number of hydrogen-bond donors (Lipinski definition) is 0. The summed E-state index contributed by atoms with van der Waals surface area (Å²) in [5.41, 5.74) is 0. The second-order valence-corrected chi connectivity index (χ2v) is 7.50. The molecule has 0 N–H and O–H groups in total. The van der Waals surface area contributed by atoms with Gasteiger partial charge in [0.2, 0.25) is 0 Å². The van der Waals surface area contributed by atoms with Gasteiger partial charge >= 0.3 is 0 Å². The Balaban J connectivity index is 1.70. The van der Waals surface area contributed by atoms with Gasteiger partial charge in [0.1, 0.15) is 0 Å². The highest BCUT2D eigenvalue weighted by molar-refractivity contribution is 4.77. The van der Waals surface area contributed by atoms with Gasteiger partial charge in [-0.3, -0.25) is 0 Å². The van der Waals surface area contributed by atoms with Crippen molar-refractivity contribution in [2.75, 3.05) is 0 Å². The topological polar surface area (TPSA) is 18.5 Å². The van der Waals surface area contributed by atoms with Crippen molar-refractivity contribution in [3.05, 3.63) is 0 Å². The SMILES string of the molecule is CCC(CC1CC(C)CC(C)C1)OOC1CCCCC1. The van der Waals surface area contributed by atoms with Crippen molar-refractivity contribution in [1.82, 2.24) is 0 Å². The number of hydrogen-bond acceptors (Lipinski definition) is 2. The molecule has 20 heavy (non-hydrogen) atoms. The van der Waals surface area contributed by atoms with Gasteiger partial charge in [0.15, 0.2) is 0 Å². The minimum Gasteiger partial charge on any atom is -0.233 e. The van der Waals surface area contributed by atoms with Crippen LogP contribution in [0.2, 0.25) is 0 Å². The molecule has 118 valence electrons. The molecule has 0 spiro atoms. The average molecular weight is 282 g/mol. The molecule has 2 saturated carbocycles. The van der Waals surface area contributed by atoms with Gasteiger partial charge in [0.05, 0.1) is 12.2 Å². The highest BCUT2D eigenvalue weighted by Crippen LogP contribution is 2.36. The zero-order valence-electron chi connectivity index (χ0n) is 13.8. The predicted octanol–water partition coefficient (Wildman–Crippen LogP) is 5.51. The molecule has 0 amide bonds. The molecule has 2 nitrogen and oxygen atoms in total. The van der Waals surface area contributed by atoms with Gasteiger partial charge in [-0.2, -0.15) is 0 Å². The highest BCUT2D eigenvalue weighted by atomic mass is 17.2. The standard InChI is InChI=1S/C18H34O2/c1-4-17(19-20-18-8-6-5-7-9-18)13-16-11-14(2)10-15(3)12-16/h14-18H,4-13H2,1-3H3. The Hall–Kier alpha value is -0.0800. The Bertz CT molecular complexity index is 250. The Morgan fingerprint density at radius 3 is 2.20 bits per heavy atom. The van der Waals surface area contributed by atoms with E-state index < -0.39 is 0 Å². The molecular weight excluding hydrogens is 248 g/mol. The number of rotatable bonds is 6. The van der Waals surface area contributed by atoms with Crippen LogP contribution in [-0.2, 0) is 9.78 Å². The molecule has 0 aromatic rings. The Labute approximate surface area is 125 Å². The third kappa shape index (κ3) is 5.37. The van der Waals surface area contributed by atoms with Crippen molar-refractivity contribution in [2.24, 2.45) is 17.8 Å². The lowest BCUT2D eigenvalue weighted by Crippen LogP contribution is -2.26. The maximum atomic E-state index is 5.80. The molecule has 0 aromatic heterocycles. The van der Waals surface area contributed by atoms with E-state index in [-0.39, 0.29) is 0 Å². The molecule has 3 unspecified atom stereocenters. The van der Waals surface area contributed by atoms with Crippen LogP contribution in [0.15, 0.2) is 0 Å². The van der Waals surface area contributed by atoms with Gasteiger partial charge in [-0.1, -0.05) is 40.0 Å². The first-order chi connectivity index (χ1) is 9.67. The summed E-state index contributed by atoms with van der Waals surface area (Å²) in [5, 5.41) is 0. The fourth-order valence-electron chi connectivity index (χ4n) is 4.27. The van der Waals surface area contributed by atoms with E-state index in [2.05, 4.69) is 20.8 Å². The normalized spacial score (nSPS) is 34.0. The first kappa shape index (κ1) is 16.3. The lowest BCUT2D eigenvalue weighted by atomic mass is 9.74. The molecule has 2 fully saturated rings. The largest absolute Gasteiger partial charge is 0.233 e. The van der Waals surface area contributed by atoms with Crippen LogP contribution in [0.3, 0.4) is 0 Å². The van der Waals surface area contributed by atoms with Gasteiger partial charge in [-0.05, 0) is 62.7 Å². The fourth-order valence-corrected chi connectivity index (χ4v) is 4.27. The molecular formula is C18H34O2. The molecule has 2 aliphatic rings.